The molecule has 3 aromatic rings. The van der Waals surface area contributed by atoms with Crippen LogP contribution in [0.1, 0.15) is 60.0 Å². The second-order valence-electron chi connectivity index (χ2n) is 9.17. The van der Waals surface area contributed by atoms with Gasteiger partial charge >= 0.3 is 0 Å². The molecule has 1 spiro atoms. The molecule has 2 aliphatic rings. The van der Waals surface area contributed by atoms with Crippen molar-refractivity contribution in [3.05, 3.63) is 77.2 Å². The minimum absolute atomic E-state index is 0.0291. The van der Waals surface area contributed by atoms with Crippen LogP contribution in [0.25, 0.3) is 10.9 Å². The molecule has 2 aliphatic carbocycles. The average Bonchev–Trinajstić information content (AvgIpc) is 3.28. The first-order valence-corrected chi connectivity index (χ1v) is 10.9. The van der Waals surface area contributed by atoms with Crippen LogP contribution in [-0.4, -0.2) is 16.9 Å². The van der Waals surface area contributed by atoms with Gasteiger partial charge in [-0.25, -0.2) is 4.39 Å². The van der Waals surface area contributed by atoms with Gasteiger partial charge in [-0.15, -0.1) is 0 Å². The monoisotopic (exact) mass is 402 g/mol. The number of benzene rings is 2. The van der Waals surface area contributed by atoms with E-state index >= 15 is 0 Å². The zero-order valence-corrected chi connectivity index (χ0v) is 17.5. The van der Waals surface area contributed by atoms with Crippen LogP contribution in [0.3, 0.4) is 0 Å². The number of carbonyl (C=O) groups excluding carboxylic acids is 1. The molecule has 5 rings (SSSR count). The summed E-state index contributed by atoms with van der Waals surface area (Å²) in [5, 5.41) is 4.23. The number of rotatable bonds is 3. The molecule has 3 nitrogen and oxygen atoms in total. The van der Waals surface area contributed by atoms with E-state index in [9.17, 15) is 9.18 Å². The van der Waals surface area contributed by atoms with Crippen molar-refractivity contribution in [2.24, 2.45) is 11.3 Å². The highest BCUT2D eigenvalue weighted by Crippen LogP contribution is 2.63. The first-order chi connectivity index (χ1) is 14.5. The van der Waals surface area contributed by atoms with Crippen LogP contribution >= 0.6 is 0 Å². The lowest BCUT2D eigenvalue weighted by atomic mass is 9.75. The summed E-state index contributed by atoms with van der Waals surface area (Å²) in [5.74, 6) is 0.740. The van der Waals surface area contributed by atoms with Crippen molar-refractivity contribution in [1.82, 2.24) is 10.3 Å². The van der Waals surface area contributed by atoms with Crippen molar-refractivity contribution >= 4 is 16.8 Å². The zero-order chi connectivity index (χ0) is 20.9. The van der Waals surface area contributed by atoms with Crippen LogP contribution in [0.5, 0.6) is 0 Å². The van der Waals surface area contributed by atoms with Gasteiger partial charge in [-0.2, -0.15) is 0 Å². The maximum absolute atomic E-state index is 13.8. The van der Waals surface area contributed by atoms with E-state index in [0.717, 1.165) is 47.7 Å². The van der Waals surface area contributed by atoms with Crippen molar-refractivity contribution in [3.63, 3.8) is 0 Å². The highest BCUT2D eigenvalue weighted by Gasteiger charge is 2.62. The SMILES string of the molecule is Cc1ccc(C(=O)N[C@H]2C(C)[C@]23CC[C@H](c2ccnc4ccc(F)cc42)CC3)cc1. The van der Waals surface area contributed by atoms with Crippen molar-refractivity contribution in [1.29, 1.82) is 0 Å². The van der Waals surface area contributed by atoms with Gasteiger partial charge in [-0.3, -0.25) is 9.78 Å². The van der Waals surface area contributed by atoms with Gasteiger partial charge in [0, 0.05) is 23.2 Å². The Hall–Kier alpha value is -2.75. The highest BCUT2D eigenvalue weighted by atomic mass is 19.1. The fourth-order valence-electron chi connectivity index (χ4n) is 5.63. The molecule has 0 bridgehead atoms. The number of halogens is 1. The Bertz CT molecular complexity index is 1100. The van der Waals surface area contributed by atoms with Crippen LogP contribution in [0.4, 0.5) is 4.39 Å². The lowest BCUT2D eigenvalue weighted by Crippen LogP contribution is -2.31. The summed E-state index contributed by atoms with van der Waals surface area (Å²) in [7, 11) is 0. The van der Waals surface area contributed by atoms with Gasteiger partial charge in [0.2, 0.25) is 0 Å². The summed E-state index contributed by atoms with van der Waals surface area (Å²) >= 11 is 0. The average molecular weight is 403 g/mol. The molecular formula is C26H27FN2O. The second kappa shape index (κ2) is 7.19. The predicted molar refractivity (Wildman–Crippen MR) is 117 cm³/mol. The Morgan fingerprint density at radius 3 is 2.57 bits per heavy atom. The standard InChI is InChI=1S/C26H27FN2O/c1-16-3-5-19(6-4-16)25(30)29-24-17(2)26(24)12-9-18(10-13-26)21-11-14-28-23-8-7-20(27)15-22(21)23/h3-8,11,14-15,17-18,24H,9-10,12-13H2,1-2H3,(H,29,30)/t17?,18-,24-,26+/m0/s1. The van der Waals surface area contributed by atoms with E-state index in [1.807, 2.05) is 37.4 Å². The quantitative estimate of drug-likeness (QED) is 0.604. The number of pyridine rings is 1. The Balaban J connectivity index is 1.29. The van der Waals surface area contributed by atoms with Gasteiger partial charge in [0.1, 0.15) is 5.82 Å². The van der Waals surface area contributed by atoms with Gasteiger partial charge in [0.25, 0.3) is 5.91 Å². The molecule has 1 N–H and O–H groups in total. The maximum Gasteiger partial charge on any atom is 0.251 e. The first-order valence-electron chi connectivity index (χ1n) is 10.9. The molecule has 2 saturated carbocycles. The van der Waals surface area contributed by atoms with E-state index in [-0.39, 0.29) is 23.2 Å². The Kier molecular flexibility index (Phi) is 4.61. The van der Waals surface area contributed by atoms with E-state index in [2.05, 4.69) is 23.3 Å². The number of nitrogens with one attached hydrogen (secondary N) is 1. The third-order valence-corrected chi connectivity index (χ3v) is 7.61. The van der Waals surface area contributed by atoms with Gasteiger partial charge in [0.05, 0.1) is 5.52 Å². The third kappa shape index (κ3) is 3.19. The highest BCUT2D eigenvalue weighted by molar-refractivity contribution is 5.94. The topological polar surface area (TPSA) is 42.0 Å². The molecule has 1 unspecified atom stereocenters. The molecule has 4 heteroatoms. The van der Waals surface area contributed by atoms with Gasteiger partial charge in [-0.1, -0.05) is 24.6 Å². The van der Waals surface area contributed by atoms with Crippen molar-refractivity contribution in [2.45, 2.75) is 51.5 Å². The number of nitrogens with zero attached hydrogens (tertiary/aromatic N) is 1. The van der Waals surface area contributed by atoms with E-state index in [0.29, 0.717) is 11.8 Å². The number of aromatic nitrogens is 1. The van der Waals surface area contributed by atoms with Crippen molar-refractivity contribution in [2.75, 3.05) is 0 Å². The molecule has 0 saturated heterocycles. The van der Waals surface area contributed by atoms with Crippen LogP contribution in [0, 0.1) is 24.1 Å². The predicted octanol–water partition coefficient (Wildman–Crippen LogP) is 5.77. The molecule has 154 valence electrons. The van der Waals surface area contributed by atoms with Crippen LogP contribution in [-0.2, 0) is 0 Å². The van der Waals surface area contributed by atoms with Crippen LogP contribution in [0.2, 0.25) is 0 Å². The number of hydrogen-bond acceptors (Lipinski definition) is 2. The van der Waals surface area contributed by atoms with E-state index in [1.165, 1.54) is 11.6 Å². The maximum atomic E-state index is 13.8. The number of fused-ring (bicyclic) bond motifs is 1. The van der Waals surface area contributed by atoms with Crippen molar-refractivity contribution in [3.8, 4) is 0 Å². The van der Waals surface area contributed by atoms with Gasteiger partial charge < -0.3 is 5.32 Å². The zero-order valence-electron chi connectivity index (χ0n) is 17.5. The lowest BCUT2D eigenvalue weighted by molar-refractivity contribution is 0.0941. The molecular weight excluding hydrogens is 375 g/mol. The fourth-order valence-corrected chi connectivity index (χ4v) is 5.63. The van der Waals surface area contributed by atoms with Crippen LogP contribution < -0.4 is 5.32 Å². The molecule has 30 heavy (non-hydrogen) atoms. The summed E-state index contributed by atoms with van der Waals surface area (Å²) in [5.41, 5.74) is 4.17. The number of amides is 1. The molecule has 2 aromatic carbocycles. The Morgan fingerprint density at radius 2 is 1.83 bits per heavy atom. The van der Waals surface area contributed by atoms with E-state index in [4.69, 9.17) is 0 Å². The summed E-state index contributed by atoms with van der Waals surface area (Å²) in [6.07, 6.45) is 6.16. The number of aryl methyl sites for hydroxylation is 1. The summed E-state index contributed by atoms with van der Waals surface area (Å²) < 4.78 is 13.8. The summed E-state index contributed by atoms with van der Waals surface area (Å²) in [6, 6.07) is 14.9. The Morgan fingerprint density at radius 1 is 1.10 bits per heavy atom. The molecule has 1 amide bonds. The molecule has 1 heterocycles. The van der Waals surface area contributed by atoms with E-state index < -0.39 is 0 Å². The van der Waals surface area contributed by atoms with Crippen LogP contribution in [0.15, 0.2) is 54.7 Å². The minimum Gasteiger partial charge on any atom is -0.348 e. The normalized spacial score (nSPS) is 27.9. The molecule has 2 fully saturated rings. The molecule has 1 aromatic heterocycles. The smallest absolute Gasteiger partial charge is 0.251 e. The van der Waals surface area contributed by atoms with Gasteiger partial charge in [-0.05, 0) is 91.8 Å². The molecule has 0 radical (unpaired) electrons. The van der Waals surface area contributed by atoms with Gasteiger partial charge in [0.15, 0.2) is 0 Å². The van der Waals surface area contributed by atoms with E-state index in [1.54, 1.807) is 12.1 Å². The molecule has 0 aliphatic heterocycles. The second-order valence-corrected chi connectivity index (χ2v) is 9.17. The Labute approximate surface area is 176 Å². The van der Waals surface area contributed by atoms with Crippen molar-refractivity contribution < 1.29 is 9.18 Å². The number of carbonyl (C=O) groups is 1. The summed E-state index contributed by atoms with van der Waals surface area (Å²) in [6.45, 7) is 4.29. The lowest BCUT2D eigenvalue weighted by Gasteiger charge is -2.31. The molecule has 2 atom stereocenters. The summed E-state index contributed by atoms with van der Waals surface area (Å²) in [4.78, 5) is 17.1. The third-order valence-electron chi connectivity index (χ3n) is 7.61. The fraction of sp³-hybridized carbons (Fsp3) is 0.385. The number of hydrogen-bond donors (Lipinski definition) is 1. The minimum atomic E-state index is -0.210. The first kappa shape index (κ1) is 19.2. The largest absolute Gasteiger partial charge is 0.348 e.